The lowest BCUT2D eigenvalue weighted by molar-refractivity contribution is 0.708. The fourth-order valence-electron chi connectivity index (χ4n) is 2.67. The van der Waals surface area contributed by atoms with Crippen molar-refractivity contribution in [3.05, 3.63) is 47.9 Å². The number of aryl methyl sites for hydroxylation is 1. The van der Waals surface area contributed by atoms with Gasteiger partial charge in [-0.1, -0.05) is 6.07 Å². The molecule has 0 bridgehead atoms. The monoisotopic (exact) mass is 254 g/mol. The van der Waals surface area contributed by atoms with E-state index in [1.54, 1.807) is 6.20 Å². The molecule has 1 fully saturated rings. The maximum absolute atomic E-state index is 5.84. The first-order valence-corrected chi connectivity index (χ1v) is 6.64. The molecule has 1 unspecified atom stereocenters. The van der Waals surface area contributed by atoms with E-state index in [0.717, 1.165) is 30.0 Å². The Kier molecular flexibility index (Phi) is 3.07. The molecule has 1 aliphatic heterocycles. The number of pyridine rings is 2. The first-order valence-electron chi connectivity index (χ1n) is 6.64. The summed E-state index contributed by atoms with van der Waals surface area (Å²) < 4.78 is 0. The molecular weight excluding hydrogens is 236 g/mol. The summed E-state index contributed by atoms with van der Waals surface area (Å²) in [7, 11) is 0. The van der Waals surface area contributed by atoms with Crippen LogP contribution in [-0.4, -0.2) is 16.5 Å². The van der Waals surface area contributed by atoms with Crippen molar-refractivity contribution < 1.29 is 0 Å². The molecule has 1 atom stereocenters. The van der Waals surface area contributed by atoms with Crippen molar-refractivity contribution in [1.29, 1.82) is 0 Å². The Labute approximate surface area is 113 Å². The molecule has 19 heavy (non-hydrogen) atoms. The third-order valence-electron chi connectivity index (χ3n) is 3.75. The molecule has 4 nitrogen and oxygen atoms in total. The van der Waals surface area contributed by atoms with E-state index < -0.39 is 0 Å². The van der Waals surface area contributed by atoms with Crippen molar-refractivity contribution in [2.45, 2.75) is 25.8 Å². The zero-order chi connectivity index (χ0) is 13.2. The van der Waals surface area contributed by atoms with Crippen LogP contribution in [0.5, 0.6) is 0 Å². The van der Waals surface area contributed by atoms with Crippen LogP contribution in [0.25, 0.3) is 0 Å². The van der Waals surface area contributed by atoms with E-state index in [1.165, 1.54) is 12.0 Å². The number of hydrogen-bond acceptors (Lipinski definition) is 4. The van der Waals surface area contributed by atoms with Crippen LogP contribution in [-0.2, 0) is 0 Å². The van der Waals surface area contributed by atoms with E-state index in [4.69, 9.17) is 5.73 Å². The van der Waals surface area contributed by atoms with E-state index in [9.17, 15) is 0 Å². The summed E-state index contributed by atoms with van der Waals surface area (Å²) >= 11 is 0. The molecule has 0 aromatic carbocycles. The molecule has 3 rings (SSSR count). The van der Waals surface area contributed by atoms with Crippen LogP contribution in [0.4, 0.5) is 11.5 Å². The normalized spacial score (nSPS) is 18.8. The van der Waals surface area contributed by atoms with Crippen molar-refractivity contribution in [3.63, 3.8) is 0 Å². The molecule has 2 N–H and O–H groups in total. The minimum atomic E-state index is 0.379. The van der Waals surface area contributed by atoms with Gasteiger partial charge in [0.25, 0.3) is 0 Å². The van der Waals surface area contributed by atoms with Crippen molar-refractivity contribution in [2.24, 2.45) is 0 Å². The summed E-state index contributed by atoms with van der Waals surface area (Å²) in [4.78, 5) is 11.0. The van der Waals surface area contributed by atoms with E-state index >= 15 is 0 Å². The third kappa shape index (κ3) is 2.26. The Morgan fingerprint density at radius 2 is 2.26 bits per heavy atom. The van der Waals surface area contributed by atoms with Crippen LogP contribution in [0.15, 0.2) is 36.8 Å². The van der Waals surface area contributed by atoms with Gasteiger partial charge in [0.2, 0.25) is 0 Å². The zero-order valence-corrected chi connectivity index (χ0v) is 11.1. The molecule has 0 aliphatic carbocycles. The van der Waals surface area contributed by atoms with Gasteiger partial charge in [-0.05, 0) is 43.0 Å². The maximum Gasteiger partial charge on any atom is 0.129 e. The molecule has 4 heteroatoms. The van der Waals surface area contributed by atoms with Gasteiger partial charge in [-0.25, -0.2) is 4.98 Å². The van der Waals surface area contributed by atoms with E-state index in [1.807, 2.05) is 25.4 Å². The van der Waals surface area contributed by atoms with Gasteiger partial charge < -0.3 is 10.6 Å². The fraction of sp³-hybridized carbons (Fsp3) is 0.333. The lowest BCUT2D eigenvalue weighted by atomic mass is 10.1. The Hall–Kier alpha value is -2.10. The molecule has 0 amide bonds. The summed E-state index contributed by atoms with van der Waals surface area (Å²) in [5.74, 6) is 1.01. The molecule has 3 heterocycles. The minimum absolute atomic E-state index is 0.379. The Balaban J connectivity index is 1.93. The molecule has 0 radical (unpaired) electrons. The highest BCUT2D eigenvalue weighted by atomic mass is 15.2. The van der Waals surface area contributed by atoms with Crippen molar-refractivity contribution >= 4 is 11.5 Å². The average Bonchev–Trinajstić information content (AvgIpc) is 2.92. The number of nitrogens with zero attached hydrogens (tertiary/aromatic N) is 3. The highest BCUT2D eigenvalue weighted by Gasteiger charge is 2.27. The van der Waals surface area contributed by atoms with Gasteiger partial charge in [0.15, 0.2) is 0 Å². The van der Waals surface area contributed by atoms with Gasteiger partial charge in [-0.2, -0.15) is 0 Å². The van der Waals surface area contributed by atoms with Gasteiger partial charge in [0, 0.05) is 18.9 Å². The number of anilines is 2. The van der Waals surface area contributed by atoms with Crippen LogP contribution in [0.3, 0.4) is 0 Å². The molecule has 98 valence electrons. The van der Waals surface area contributed by atoms with Gasteiger partial charge >= 0.3 is 0 Å². The van der Waals surface area contributed by atoms with Gasteiger partial charge in [-0.3, -0.25) is 4.98 Å². The lowest BCUT2D eigenvalue weighted by Crippen LogP contribution is -2.23. The molecule has 2 aromatic heterocycles. The summed E-state index contributed by atoms with van der Waals surface area (Å²) in [5, 5.41) is 0. The summed E-state index contributed by atoms with van der Waals surface area (Å²) in [6, 6.07) is 6.58. The van der Waals surface area contributed by atoms with Crippen LogP contribution in [0.2, 0.25) is 0 Å². The number of hydrogen-bond donors (Lipinski definition) is 1. The van der Waals surface area contributed by atoms with E-state index in [0.29, 0.717) is 6.04 Å². The van der Waals surface area contributed by atoms with Crippen LogP contribution in [0.1, 0.15) is 30.0 Å². The number of nitrogen functional groups attached to an aromatic ring is 1. The summed E-state index contributed by atoms with van der Waals surface area (Å²) in [6.07, 6.45) is 7.85. The lowest BCUT2D eigenvalue weighted by Gasteiger charge is -2.26. The van der Waals surface area contributed by atoms with Gasteiger partial charge in [0.05, 0.1) is 17.9 Å². The Bertz CT molecular complexity index is 568. The highest BCUT2D eigenvalue weighted by molar-refractivity contribution is 5.53. The van der Waals surface area contributed by atoms with Gasteiger partial charge in [0.1, 0.15) is 5.82 Å². The average molecular weight is 254 g/mol. The predicted octanol–water partition coefficient (Wildman–Crippen LogP) is 2.71. The fourth-order valence-corrected chi connectivity index (χ4v) is 2.67. The molecule has 0 spiro atoms. The summed E-state index contributed by atoms with van der Waals surface area (Å²) in [6.45, 7) is 3.06. The maximum atomic E-state index is 5.84. The first-order chi connectivity index (χ1) is 9.25. The second kappa shape index (κ2) is 4.88. The zero-order valence-electron chi connectivity index (χ0n) is 11.1. The molecular formula is C15H18N4. The number of aromatic nitrogens is 2. The largest absolute Gasteiger partial charge is 0.397 e. The molecule has 2 aromatic rings. The smallest absolute Gasteiger partial charge is 0.129 e. The van der Waals surface area contributed by atoms with Crippen LogP contribution < -0.4 is 10.6 Å². The molecule has 1 aliphatic rings. The third-order valence-corrected chi connectivity index (χ3v) is 3.75. The quantitative estimate of drug-likeness (QED) is 0.895. The Morgan fingerprint density at radius 1 is 1.37 bits per heavy atom. The molecule has 1 saturated heterocycles. The second-order valence-corrected chi connectivity index (χ2v) is 5.04. The number of nitrogens with two attached hydrogens (primary N) is 1. The van der Waals surface area contributed by atoms with Crippen molar-refractivity contribution in [1.82, 2.24) is 9.97 Å². The topological polar surface area (TPSA) is 55.0 Å². The van der Waals surface area contributed by atoms with E-state index in [2.05, 4.69) is 27.0 Å². The number of rotatable bonds is 2. The van der Waals surface area contributed by atoms with E-state index in [-0.39, 0.29) is 0 Å². The standard InChI is InChI=1S/C15H18N4/c1-11-8-15(18-10-13(11)16)19-7-3-5-14(19)12-4-2-6-17-9-12/h2,4,6,8-10,14H,3,5,7,16H2,1H3. The molecule has 0 saturated carbocycles. The highest BCUT2D eigenvalue weighted by Crippen LogP contribution is 2.35. The summed E-state index contributed by atoms with van der Waals surface area (Å²) in [5.41, 5.74) is 8.94. The SMILES string of the molecule is Cc1cc(N2CCCC2c2cccnc2)ncc1N. The van der Waals surface area contributed by atoms with Crippen molar-refractivity contribution in [2.75, 3.05) is 17.2 Å². The van der Waals surface area contributed by atoms with Crippen LogP contribution in [0, 0.1) is 6.92 Å². The van der Waals surface area contributed by atoms with Gasteiger partial charge in [-0.15, -0.1) is 0 Å². The van der Waals surface area contributed by atoms with Crippen molar-refractivity contribution in [3.8, 4) is 0 Å². The van der Waals surface area contributed by atoms with Crippen LogP contribution >= 0.6 is 0 Å². The predicted molar refractivity (Wildman–Crippen MR) is 76.9 cm³/mol. The Morgan fingerprint density at radius 3 is 3.00 bits per heavy atom. The first kappa shape index (κ1) is 12.0. The minimum Gasteiger partial charge on any atom is -0.397 e. The second-order valence-electron chi connectivity index (χ2n) is 5.04.